The van der Waals surface area contributed by atoms with E-state index >= 15 is 0 Å². The van der Waals surface area contributed by atoms with E-state index in [-0.39, 0.29) is 0 Å². The fourth-order valence-corrected chi connectivity index (χ4v) is 1.81. The topological polar surface area (TPSA) is 49.3 Å². The second kappa shape index (κ2) is 4.03. The van der Waals surface area contributed by atoms with E-state index in [1.165, 1.54) is 18.4 Å². The zero-order valence-corrected chi connectivity index (χ0v) is 8.73. The van der Waals surface area contributed by atoms with Crippen molar-refractivity contribution < 1.29 is 9.90 Å². The van der Waals surface area contributed by atoms with Gasteiger partial charge < -0.3 is 10.4 Å². The summed E-state index contributed by atoms with van der Waals surface area (Å²) in [5.74, 6) is -0.117. The van der Waals surface area contributed by atoms with Crippen LogP contribution in [-0.4, -0.2) is 18.1 Å². The van der Waals surface area contributed by atoms with Crippen molar-refractivity contribution in [3.63, 3.8) is 0 Å². The van der Waals surface area contributed by atoms with E-state index in [4.69, 9.17) is 5.11 Å². The third-order valence-electron chi connectivity index (χ3n) is 2.85. The first-order valence-electron chi connectivity index (χ1n) is 5.22. The van der Waals surface area contributed by atoms with E-state index < -0.39 is 12.0 Å². The van der Waals surface area contributed by atoms with Gasteiger partial charge in [0, 0.05) is 0 Å². The molecule has 1 fully saturated rings. The molecule has 0 saturated heterocycles. The average Bonchev–Trinajstić information content (AvgIpc) is 3.03. The molecule has 1 aromatic carbocycles. The van der Waals surface area contributed by atoms with Gasteiger partial charge in [-0.25, -0.2) is 0 Å². The van der Waals surface area contributed by atoms with Gasteiger partial charge in [-0.15, -0.1) is 0 Å². The van der Waals surface area contributed by atoms with Crippen LogP contribution in [0, 0.1) is 0 Å². The maximum Gasteiger partial charge on any atom is 0.325 e. The fraction of sp³-hybridized carbons (Fsp3) is 0.417. The molecule has 0 radical (unpaired) electrons. The Hall–Kier alpha value is -1.35. The molecule has 1 aliphatic rings. The minimum absolute atomic E-state index is 0.599. The number of carboxylic acids is 1. The third kappa shape index (κ3) is 2.18. The first kappa shape index (κ1) is 10.2. The summed E-state index contributed by atoms with van der Waals surface area (Å²) in [6.45, 7) is 0. The number of rotatable bonds is 4. The lowest BCUT2D eigenvalue weighted by Crippen LogP contribution is -2.24. The molecule has 1 atom stereocenters. The molecule has 3 heteroatoms. The van der Waals surface area contributed by atoms with Crippen molar-refractivity contribution in [1.82, 2.24) is 5.32 Å². The van der Waals surface area contributed by atoms with Crippen LogP contribution >= 0.6 is 0 Å². The van der Waals surface area contributed by atoms with Crippen LogP contribution < -0.4 is 5.32 Å². The van der Waals surface area contributed by atoms with Crippen molar-refractivity contribution in [2.45, 2.75) is 24.8 Å². The van der Waals surface area contributed by atoms with Crippen molar-refractivity contribution in [1.29, 1.82) is 0 Å². The Labute approximate surface area is 89.1 Å². The minimum Gasteiger partial charge on any atom is -0.480 e. The van der Waals surface area contributed by atoms with E-state index in [0.717, 1.165) is 11.5 Å². The molecule has 0 spiro atoms. The van der Waals surface area contributed by atoms with Crippen LogP contribution in [0.5, 0.6) is 0 Å². The lowest BCUT2D eigenvalue weighted by atomic mass is 10.0. The molecule has 80 valence electrons. The molecular weight excluding hydrogens is 190 g/mol. The van der Waals surface area contributed by atoms with Crippen molar-refractivity contribution >= 4 is 5.97 Å². The zero-order chi connectivity index (χ0) is 10.8. The van der Waals surface area contributed by atoms with Crippen LogP contribution in [0.25, 0.3) is 0 Å². The lowest BCUT2D eigenvalue weighted by molar-refractivity contribution is -0.139. The number of aliphatic carboxylic acids is 1. The van der Waals surface area contributed by atoms with Crippen LogP contribution in [0.2, 0.25) is 0 Å². The molecule has 1 aliphatic carbocycles. The highest BCUT2D eigenvalue weighted by molar-refractivity contribution is 5.75. The summed E-state index contributed by atoms with van der Waals surface area (Å²) in [5.41, 5.74) is 2.15. The molecule has 0 heterocycles. The molecule has 1 aromatic rings. The van der Waals surface area contributed by atoms with Crippen molar-refractivity contribution in [3.05, 3.63) is 35.4 Å². The third-order valence-corrected chi connectivity index (χ3v) is 2.85. The van der Waals surface area contributed by atoms with Crippen LogP contribution in [0.1, 0.15) is 35.9 Å². The van der Waals surface area contributed by atoms with Crippen molar-refractivity contribution in [3.8, 4) is 0 Å². The first-order chi connectivity index (χ1) is 7.22. The molecule has 1 saturated carbocycles. The highest BCUT2D eigenvalue weighted by atomic mass is 16.4. The predicted molar refractivity (Wildman–Crippen MR) is 57.9 cm³/mol. The van der Waals surface area contributed by atoms with Crippen LogP contribution in [0.15, 0.2) is 24.3 Å². The predicted octanol–water partition coefficient (Wildman–Crippen LogP) is 1.91. The van der Waals surface area contributed by atoms with E-state index in [1.54, 1.807) is 7.05 Å². The summed E-state index contributed by atoms with van der Waals surface area (Å²) in [5, 5.41) is 11.7. The molecular formula is C12H15NO2. The number of likely N-dealkylation sites (N-methyl/N-ethyl adjacent to an activating group) is 1. The number of carbonyl (C=O) groups is 1. The summed E-state index contributed by atoms with van der Waals surface area (Å²) < 4.78 is 0. The number of hydrogen-bond acceptors (Lipinski definition) is 2. The van der Waals surface area contributed by atoms with Crippen LogP contribution in [0.3, 0.4) is 0 Å². The summed E-state index contributed by atoms with van der Waals surface area (Å²) in [4.78, 5) is 10.9. The van der Waals surface area contributed by atoms with E-state index in [9.17, 15) is 4.79 Å². The molecule has 0 amide bonds. The summed E-state index contributed by atoms with van der Waals surface area (Å²) in [6, 6.07) is 7.30. The Morgan fingerprint density at radius 2 is 2.00 bits per heavy atom. The molecule has 0 aromatic heterocycles. The van der Waals surface area contributed by atoms with Gasteiger partial charge in [-0.2, -0.15) is 0 Å². The lowest BCUT2D eigenvalue weighted by Gasteiger charge is -2.11. The Balaban J connectivity index is 2.17. The highest BCUT2D eigenvalue weighted by Gasteiger charge is 2.24. The van der Waals surface area contributed by atoms with Gasteiger partial charge in [0.15, 0.2) is 0 Å². The summed E-state index contributed by atoms with van der Waals surface area (Å²) >= 11 is 0. The van der Waals surface area contributed by atoms with E-state index in [0.29, 0.717) is 0 Å². The number of carboxylic acid groups (broad SMARTS) is 1. The van der Waals surface area contributed by atoms with Gasteiger partial charge in [0.2, 0.25) is 0 Å². The van der Waals surface area contributed by atoms with Gasteiger partial charge in [-0.1, -0.05) is 24.3 Å². The normalized spacial score (nSPS) is 17.4. The van der Waals surface area contributed by atoms with Gasteiger partial charge in [-0.05, 0) is 36.9 Å². The van der Waals surface area contributed by atoms with Crippen LogP contribution in [-0.2, 0) is 4.79 Å². The van der Waals surface area contributed by atoms with Gasteiger partial charge >= 0.3 is 5.97 Å². The largest absolute Gasteiger partial charge is 0.480 e. The number of nitrogens with one attached hydrogen (secondary N) is 1. The monoisotopic (exact) mass is 205 g/mol. The first-order valence-corrected chi connectivity index (χ1v) is 5.22. The molecule has 1 unspecified atom stereocenters. The summed E-state index contributed by atoms with van der Waals surface area (Å²) in [7, 11) is 1.66. The maximum atomic E-state index is 10.9. The number of benzene rings is 1. The van der Waals surface area contributed by atoms with Gasteiger partial charge in [-0.3, -0.25) is 4.79 Å². The SMILES string of the molecule is CNC(C(=O)O)c1ccc(C2CC2)cc1. The molecule has 0 aliphatic heterocycles. The highest BCUT2D eigenvalue weighted by Crippen LogP contribution is 2.40. The molecule has 15 heavy (non-hydrogen) atoms. The zero-order valence-electron chi connectivity index (χ0n) is 8.73. The second-order valence-corrected chi connectivity index (χ2v) is 4.00. The molecule has 0 bridgehead atoms. The van der Waals surface area contributed by atoms with Gasteiger partial charge in [0.25, 0.3) is 0 Å². The second-order valence-electron chi connectivity index (χ2n) is 4.00. The smallest absolute Gasteiger partial charge is 0.325 e. The minimum atomic E-state index is -0.836. The van der Waals surface area contributed by atoms with Crippen molar-refractivity contribution in [2.24, 2.45) is 0 Å². The number of hydrogen-bond donors (Lipinski definition) is 2. The standard InChI is InChI=1S/C12H15NO2/c1-13-11(12(14)15)10-6-4-9(5-7-10)8-2-3-8/h4-8,11,13H,2-3H2,1H3,(H,14,15). The fourth-order valence-electron chi connectivity index (χ4n) is 1.81. The van der Waals surface area contributed by atoms with Gasteiger partial charge in [0.1, 0.15) is 6.04 Å². The Morgan fingerprint density at radius 3 is 2.40 bits per heavy atom. The summed E-state index contributed by atoms with van der Waals surface area (Å²) in [6.07, 6.45) is 2.54. The van der Waals surface area contributed by atoms with E-state index in [2.05, 4.69) is 5.32 Å². The Kier molecular flexibility index (Phi) is 2.73. The van der Waals surface area contributed by atoms with Crippen molar-refractivity contribution in [2.75, 3.05) is 7.05 Å². The quantitative estimate of drug-likeness (QED) is 0.789. The van der Waals surface area contributed by atoms with Crippen LogP contribution in [0.4, 0.5) is 0 Å². The van der Waals surface area contributed by atoms with Gasteiger partial charge in [0.05, 0.1) is 0 Å². The maximum absolute atomic E-state index is 10.9. The van der Waals surface area contributed by atoms with E-state index in [1.807, 2.05) is 24.3 Å². The Bertz CT molecular complexity index is 354. The molecule has 3 nitrogen and oxygen atoms in total. The molecule has 2 rings (SSSR count). The average molecular weight is 205 g/mol. The molecule has 2 N–H and O–H groups in total. The Morgan fingerprint density at radius 1 is 1.40 bits per heavy atom.